The lowest BCUT2D eigenvalue weighted by molar-refractivity contribution is 0.410. The Hall–Kier alpha value is -1.52. The molecule has 0 radical (unpaired) electrons. The van der Waals surface area contributed by atoms with Crippen molar-refractivity contribution in [2.75, 3.05) is 7.05 Å². The van der Waals surface area contributed by atoms with Gasteiger partial charge in [0, 0.05) is 19.2 Å². The number of aromatic nitrogens is 1. The summed E-state index contributed by atoms with van der Waals surface area (Å²) in [6.07, 6.45) is 1.56. The fourth-order valence-corrected chi connectivity index (χ4v) is 1.08. The minimum Gasteiger partial charge on any atom is -0.364 e. The van der Waals surface area contributed by atoms with Crippen LogP contribution in [0.1, 0.15) is 26.5 Å². The third kappa shape index (κ3) is 3.92. The Kier molecular flexibility index (Phi) is 4.82. The Balaban J connectivity index is 2.38. The van der Waals surface area contributed by atoms with Gasteiger partial charge >= 0.3 is 0 Å². The topological polar surface area (TPSA) is 62.5 Å². The summed E-state index contributed by atoms with van der Waals surface area (Å²) >= 11 is 0. The second kappa shape index (κ2) is 6.15. The van der Waals surface area contributed by atoms with Gasteiger partial charge < -0.3 is 15.2 Å². The number of nitrogens with zero attached hydrogens (tertiary/aromatic N) is 2. The molecular weight excluding hydrogens is 204 g/mol. The van der Waals surface area contributed by atoms with Gasteiger partial charge in [0.15, 0.2) is 5.96 Å². The summed E-state index contributed by atoms with van der Waals surface area (Å²) in [6.45, 7) is 7.08. The highest BCUT2D eigenvalue weighted by Crippen LogP contribution is 1.99. The maximum atomic E-state index is 4.75. The molecule has 1 aromatic heterocycles. The predicted molar refractivity (Wildman–Crippen MR) is 64.1 cm³/mol. The molecule has 0 bridgehead atoms. The third-order valence-corrected chi connectivity index (χ3v) is 2.52. The Labute approximate surface area is 96.3 Å². The molecule has 0 saturated carbocycles. The minimum atomic E-state index is 0.378. The molecule has 0 aliphatic heterocycles. The van der Waals surface area contributed by atoms with Crippen LogP contribution in [0.3, 0.4) is 0 Å². The standard InChI is InChI=1S/C11H20N4O/c1-8(2)9(3)14-11(12-4)13-7-10-5-6-16-15-10/h5-6,8-9H,7H2,1-4H3,(H2,12,13,14). The first-order chi connectivity index (χ1) is 7.63. The Morgan fingerprint density at radius 3 is 2.75 bits per heavy atom. The first kappa shape index (κ1) is 12.5. The molecule has 0 aromatic carbocycles. The van der Waals surface area contributed by atoms with E-state index in [4.69, 9.17) is 4.52 Å². The van der Waals surface area contributed by atoms with Gasteiger partial charge in [-0.2, -0.15) is 0 Å². The number of rotatable bonds is 4. The normalized spacial score (nSPS) is 13.9. The molecule has 16 heavy (non-hydrogen) atoms. The van der Waals surface area contributed by atoms with Crippen LogP contribution in [0.4, 0.5) is 0 Å². The number of guanidine groups is 1. The van der Waals surface area contributed by atoms with Crippen LogP contribution in [0, 0.1) is 5.92 Å². The van der Waals surface area contributed by atoms with Gasteiger partial charge in [-0.3, -0.25) is 4.99 Å². The molecule has 0 saturated heterocycles. The molecule has 1 rings (SSSR count). The third-order valence-electron chi connectivity index (χ3n) is 2.52. The van der Waals surface area contributed by atoms with Crippen molar-refractivity contribution in [3.8, 4) is 0 Å². The minimum absolute atomic E-state index is 0.378. The number of hydrogen-bond donors (Lipinski definition) is 2. The van der Waals surface area contributed by atoms with Crippen molar-refractivity contribution in [2.45, 2.75) is 33.4 Å². The van der Waals surface area contributed by atoms with Crippen LogP contribution < -0.4 is 10.6 Å². The van der Waals surface area contributed by atoms with E-state index in [1.54, 1.807) is 13.3 Å². The fourth-order valence-electron chi connectivity index (χ4n) is 1.08. The van der Waals surface area contributed by atoms with Crippen LogP contribution in [0.5, 0.6) is 0 Å². The Morgan fingerprint density at radius 2 is 2.25 bits per heavy atom. The second-order valence-corrected chi connectivity index (χ2v) is 4.09. The van der Waals surface area contributed by atoms with E-state index in [2.05, 4.69) is 41.6 Å². The molecular formula is C11H20N4O. The molecule has 1 heterocycles. The van der Waals surface area contributed by atoms with Crippen LogP contribution in [0.25, 0.3) is 0 Å². The lowest BCUT2D eigenvalue weighted by atomic mass is 10.1. The van der Waals surface area contributed by atoms with Gasteiger partial charge in [0.2, 0.25) is 0 Å². The molecule has 5 heteroatoms. The summed E-state index contributed by atoms with van der Waals surface area (Å²) in [7, 11) is 1.76. The smallest absolute Gasteiger partial charge is 0.191 e. The average Bonchev–Trinajstić information content (AvgIpc) is 2.76. The molecule has 5 nitrogen and oxygen atoms in total. The predicted octanol–water partition coefficient (Wildman–Crippen LogP) is 1.38. The lowest BCUT2D eigenvalue weighted by Gasteiger charge is -2.20. The zero-order chi connectivity index (χ0) is 12.0. The Morgan fingerprint density at radius 1 is 1.50 bits per heavy atom. The van der Waals surface area contributed by atoms with Crippen LogP contribution in [-0.2, 0) is 6.54 Å². The second-order valence-electron chi connectivity index (χ2n) is 4.09. The molecule has 2 N–H and O–H groups in total. The van der Waals surface area contributed by atoms with Crippen molar-refractivity contribution in [1.82, 2.24) is 15.8 Å². The summed E-state index contributed by atoms with van der Waals surface area (Å²) in [5.74, 6) is 1.34. The van der Waals surface area contributed by atoms with Crippen molar-refractivity contribution in [1.29, 1.82) is 0 Å². The summed E-state index contributed by atoms with van der Waals surface area (Å²) in [5.41, 5.74) is 0.861. The summed E-state index contributed by atoms with van der Waals surface area (Å²) in [5, 5.41) is 10.3. The van der Waals surface area contributed by atoms with Gasteiger partial charge in [0.05, 0.1) is 6.54 Å². The molecule has 1 unspecified atom stereocenters. The van der Waals surface area contributed by atoms with Gasteiger partial charge in [-0.05, 0) is 12.8 Å². The summed E-state index contributed by atoms with van der Waals surface area (Å²) in [4.78, 5) is 4.15. The fraction of sp³-hybridized carbons (Fsp3) is 0.636. The molecule has 1 aromatic rings. The number of nitrogens with one attached hydrogen (secondary N) is 2. The van der Waals surface area contributed by atoms with E-state index in [0.29, 0.717) is 18.5 Å². The highest BCUT2D eigenvalue weighted by molar-refractivity contribution is 5.79. The first-order valence-corrected chi connectivity index (χ1v) is 5.50. The molecule has 1 atom stereocenters. The van der Waals surface area contributed by atoms with E-state index in [1.165, 1.54) is 0 Å². The van der Waals surface area contributed by atoms with Crippen LogP contribution in [-0.4, -0.2) is 24.2 Å². The van der Waals surface area contributed by atoms with E-state index in [-0.39, 0.29) is 0 Å². The van der Waals surface area contributed by atoms with Gasteiger partial charge in [-0.25, -0.2) is 0 Å². The van der Waals surface area contributed by atoms with Gasteiger partial charge in [0.1, 0.15) is 12.0 Å². The van der Waals surface area contributed by atoms with Crippen molar-refractivity contribution < 1.29 is 4.52 Å². The highest BCUT2D eigenvalue weighted by Gasteiger charge is 2.08. The Bertz CT molecular complexity index is 319. The van der Waals surface area contributed by atoms with Crippen molar-refractivity contribution in [2.24, 2.45) is 10.9 Å². The zero-order valence-corrected chi connectivity index (χ0v) is 10.3. The van der Waals surface area contributed by atoms with E-state index < -0.39 is 0 Å². The quantitative estimate of drug-likeness (QED) is 0.599. The number of hydrogen-bond acceptors (Lipinski definition) is 3. The van der Waals surface area contributed by atoms with Crippen LogP contribution >= 0.6 is 0 Å². The maximum Gasteiger partial charge on any atom is 0.191 e. The van der Waals surface area contributed by atoms with Crippen molar-refractivity contribution in [3.63, 3.8) is 0 Å². The lowest BCUT2D eigenvalue weighted by Crippen LogP contribution is -2.43. The number of aliphatic imine (C=N–C) groups is 1. The van der Waals surface area contributed by atoms with Crippen molar-refractivity contribution in [3.05, 3.63) is 18.0 Å². The maximum absolute atomic E-state index is 4.75. The van der Waals surface area contributed by atoms with Crippen LogP contribution in [0.2, 0.25) is 0 Å². The molecule has 0 amide bonds. The molecule has 0 aliphatic carbocycles. The summed E-state index contributed by atoms with van der Waals surface area (Å²) < 4.78 is 4.75. The largest absolute Gasteiger partial charge is 0.364 e. The van der Waals surface area contributed by atoms with E-state index in [9.17, 15) is 0 Å². The van der Waals surface area contributed by atoms with E-state index in [0.717, 1.165) is 11.7 Å². The molecule has 0 aliphatic rings. The van der Waals surface area contributed by atoms with E-state index in [1.807, 2.05) is 6.07 Å². The first-order valence-electron chi connectivity index (χ1n) is 5.50. The highest BCUT2D eigenvalue weighted by atomic mass is 16.5. The molecule has 90 valence electrons. The molecule has 0 fully saturated rings. The van der Waals surface area contributed by atoms with Gasteiger partial charge in [0.25, 0.3) is 0 Å². The average molecular weight is 224 g/mol. The molecule has 0 spiro atoms. The van der Waals surface area contributed by atoms with Gasteiger partial charge in [-0.15, -0.1) is 0 Å². The monoisotopic (exact) mass is 224 g/mol. The van der Waals surface area contributed by atoms with Crippen molar-refractivity contribution >= 4 is 5.96 Å². The van der Waals surface area contributed by atoms with Crippen LogP contribution in [0.15, 0.2) is 21.8 Å². The zero-order valence-electron chi connectivity index (χ0n) is 10.3. The van der Waals surface area contributed by atoms with Gasteiger partial charge in [-0.1, -0.05) is 19.0 Å². The summed E-state index contributed by atoms with van der Waals surface area (Å²) in [6, 6.07) is 2.20. The van der Waals surface area contributed by atoms with E-state index >= 15 is 0 Å². The SMILES string of the molecule is CN=C(NCc1ccon1)NC(C)C(C)C.